The zero-order chi connectivity index (χ0) is 11.7. The van der Waals surface area contributed by atoms with Crippen molar-refractivity contribution in [2.24, 2.45) is 0 Å². The predicted molar refractivity (Wildman–Crippen MR) is 70.1 cm³/mol. The van der Waals surface area contributed by atoms with Gasteiger partial charge >= 0.3 is 0 Å². The molecule has 0 amide bonds. The molecule has 0 aliphatic carbocycles. The summed E-state index contributed by atoms with van der Waals surface area (Å²) in [6.07, 6.45) is 2.51. The van der Waals surface area contributed by atoms with Gasteiger partial charge in [-0.25, -0.2) is 0 Å². The van der Waals surface area contributed by atoms with Crippen molar-refractivity contribution in [1.82, 2.24) is 5.32 Å². The van der Waals surface area contributed by atoms with E-state index < -0.39 is 0 Å². The molecule has 1 aliphatic heterocycles. The molecule has 1 aromatic carbocycles. The van der Waals surface area contributed by atoms with Crippen LogP contribution in [0.5, 0.6) is 5.75 Å². The Bertz CT molecular complexity index is 397. The molecule has 16 heavy (non-hydrogen) atoms. The van der Waals surface area contributed by atoms with Gasteiger partial charge in [0.25, 0.3) is 0 Å². The van der Waals surface area contributed by atoms with Crippen molar-refractivity contribution in [1.29, 1.82) is 0 Å². The summed E-state index contributed by atoms with van der Waals surface area (Å²) >= 11 is 3.62. The van der Waals surface area contributed by atoms with Gasteiger partial charge in [0.1, 0.15) is 5.75 Å². The number of ether oxygens (including phenoxy) is 1. The summed E-state index contributed by atoms with van der Waals surface area (Å²) in [6, 6.07) is 2.63. The van der Waals surface area contributed by atoms with Gasteiger partial charge in [-0.1, -0.05) is 0 Å². The first-order valence-electron chi connectivity index (χ1n) is 5.72. The van der Waals surface area contributed by atoms with E-state index in [4.69, 9.17) is 4.74 Å². The second-order valence-electron chi connectivity index (χ2n) is 4.40. The molecule has 2 nitrogen and oxygen atoms in total. The normalized spacial score (nSPS) is 20.1. The lowest BCUT2D eigenvalue weighted by Gasteiger charge is -2.20. The minimum atomic E-state index is 0.516. The highest BCUT2D eigenvalue weighted by Crippen LogP contribution is 2.37. The van der Waals surface area contributed by atoms with Gasteiger partial charge in [0.2, 0.25) is 0 Å². The number of aryl methyl sites for hydroxylation is 1. The Balaban J connectivity index is 2.48. The lowest BCUT2D eigenvalue weighted by atomic mass is 9.95. The number of methoxy groups -OCH3 is 1. The van der Waals surface area contributed by atoms with Gasteiger partial charge in [-0.05, 0) is 71.9 Å². The fourth-order valence-corrected chi connectivity index (χ4v) is 3.04. The minimum absolute atomic E-state index is 0.516. The Morgan fingerprint density at radius 3 is 2.75 bits per heavy atom. The van der Waals surface area contributed by atoms with E-state index in [2.05, 4.69) is 41.2 Å². The molecule has 1 unspecified atom stereocenters. The zero-order valence-corrected chi connectivity index (χ0v) is 11.6. The SMILES string of the molecule is COc1cc(C)c(C2CCCN2)c(C)c1Br. The van der Waals surface area contributed by atoms with E-state index in [1.165, 1.54) is 29.5 Å². The average Bonchev–Trinajstić information content (AvgIpc) is 2.77. The smallest absolute Gasteiger partial charge is 0.133 e. The number of halogens is 1. The quantitative estimate of drug-likeness (QED) is 0.897. The molecular weight excluding hydrogens is 266 g/mol. The lowest BCUT2D eigenvalue weighted by Crippen LogP contribution is -2.15. The van der Waals surface area contributed by atoms with Gasteiger partial charge in [-0.2, -0.15) is 0 Å². The number of benzene rings is 1. The molecule has 3 heteroatoms. The van der Waals surface area contributed by atoms with Crippen LogP contribution in [-0.2, 0) is 0 Å². The van der Waals surface area contributed by atoms with Crippen LogP contribution in [0, 0.1) is 13.8 Å². The van der Waals surface area contributed by atoms with Gasteiger partial charge in [0, 0.05) is 6.04 Å². The van der Waals surface area contributed by atoms with Crippen LogP contribution in [0.15, 0.2) is 10.5 Å². The van der Waals surface area contributed by atoms with Gasteiger partial charge < -0.3 is 10.1 Å². The molecule has 1 atom stereocenters. The summed E-state index contributed by atoms with van der Waals surface area (Å²) < 4.78 is 6.44. The summed E-state index contributed by atoms with van der Waals surface area (Å²) in [7, 11) is 1.71. The van der Waals surface area contributed by atoms with Crippen LogP contribution in [-0.4, -0.2) is 13.7 Å². The van der Waals surface area contributed by atoms with Crippen LogP contribution in [0.2, 0.25) is 0 Å². The van der Waals surface area contributed by atoms with Crippen molar-refractivity contribution in [3.8, 4) is 5.75 Å². The first-order valence-corrected chi connectivity index (χ1v) is 6.51. The largest absolute Gasteiger partial charge is 0.496 e. The van der Waals surface area contributed by atoms with E-state index in [0.717, 1.165) is 16.8 Å². The first-order chi connectivity index (χ1) is 7.65. The van der Waals surface area contributed by atoms with E-state index in [0.29, 0.717) is 6.04 Å². The van der Waals surface area contributed by atoms with Crippen LogP contribution < -0.4 is 10.1 Å². The Morgan fingerprint density at radius 2 is 2.19 bits per heavy atom. The van der Waals surface area contributed by atoms with E-state index in [9.17, 15) is 0 Å². The molecule has 0 radical (unpaired) electrons. The van der Waals surface area contributed by atoms with Crippen molar-refractivity contribution in [2.45, 2.75) is 32.7 Å². The van der Waals surface area contributed by atoms with Crippen LogP contribution in [0.3, 0.4) is 0 Å². The molecule has 0 aromatic heterocycles. The third-order valence-corrected chi connectivity index (χ3v) is 4.34. The summed E-state index contributed by atoms with van der Waals surface area (Å²) in [5.41, 5.74) is 4.05. The molecule has 88 valence electrons. The monoisotopic (exact) mass is 283 g/mol. The number of hydrogen-bond donors (Lipinski definition) is 1. The number of nitrogens with one attached hydrogen (secondary N) is 1. The van der Waals surface area contributed by atoms with E-state index in [-0.39, 0.29) is 0 Å². The van der Waals surface area contributed by atoms with Crippen LogP contribution in [0.25, 0.3) is 0 Å². The summed E-state index contributed by atoms with van der Waals surface area (Å²) in [5, 5.41) is 3.56. The van der Waals surface area contributed by atoms with Gasteiger partial charge in [0.05, 0.1) is 11.6 Å². The Labute approximate surface area is 106 Å². The average molecular weight is 284 g/mol. The highest BCUT2D eigenvalue weighted by molar-refractivity contribution is 9.10. The van der Waals surface area contributed by atoms with Crippen molar-refractivity contribution < 1.29 is 4.74 Å². The lowest BCUT2D eigenvalue weighted by molar-refractivity contribution is 0.411. The van der Waals surface area contributed by atoms with Crippen molar-refractivity contribution in [3.63, 3.8) is 0 Å². The van der Waals surface area contributed by atoms with E-state index in [1.54, 1.807) is 7.11 Å². The van der Waals surface area contributed by atoms with E-state index >= 15 is 0 Å². The predicted octanol–water partition coefficient (Wildman–Crippen LogP) is 3.50. The summed E-state index contributed by atoms with van der Waals surface area (Å²) in [4.78, 5) is 0. The minimum Gasteiger partial charge on any atom is -0.496 e. The number of hydrogen-bond acceptors (Lipinski definition) is 2. The molecule has 1 heterocycles. The second-order valence-corrected chi connectivity index (χ2v) is 5.19. The second kappa shape index (κ2) is 4.76. The Kier molecular flexibility index (Phi) is 3.55. The molecule has 1 N–H and O–H groups in total. The zero-order valence-electron chi connectivity index (χ0n) is 10.1. The molecule has 0 spiro atoms. The first kappa shape index (κ1) is 11.9. The van der Waals surface area contributed by atoms with Crippen LogP contribution in [0.1, 0.15) is 35.6 Å². The van der Waals surface area contributed by atoms with Crippen molar-refractivity contribution >= 4 is 15.9 Å². The molecule has 1 saturated heterocycles. The van der Waals surface area contributed by atoms with Gasteiger partial charge in [-0.3, -0.25) is 0 Å². The molecular formula is C13H18BrNO. The fourth-order valence-electron chi connectivity index (χ4n) is 2.55. The van der Waals surface area contributed by atoms with Crippen molar-refractivity contribution in [3.05, 3.63) is 27.2 Å². The maximum absolute atomic E-state index is 5.36. The third kappa shape index (κ3) is 1.98. The van der Waals surface area contributed by atoms with Crippen molar-refractivity contribution in [2.75, 3.05) is 13.7 Å². The molecule has 0 saturated carbocycles. The molecule has 1 aromatic rings. The third-order valence-electron chi connectivity index (χ3n) is 3.35. The molecule has 1 aliphatic rings. The summed E-state index contributed by atoms with van der Waals surface area (Å²) in [5.74, 6) is 0.928. The van der Waals surface area contributed by atoms with E-state index in [1.807, 2.05) is 0 Å². The van der Waals surface area contributed by atoms with Crippen LogP contribution >= 0.6 is 15.9 Å². The summed E-state index contributed by atoms with van der Waals surface area (Å²) in [6.45, 7) is 5.46. The topological polar surface area (TPSA) is 21.3 Å². The molecule has 2 rings (SSSR count). The highest BCUT2D eigenvalue weighted by Gasteiger charge is 2.22. The fraction of sp³-hybridized carbons (Fsp3) is 0.538. The Hall–Kier alpha value is -0.540. The standard InChI is InChI=1S/C13H18BrNO/c1-8-7-11(16-3)13(14)9(2)12(8)10-5-4-6-15-10/h7,10,15H,4-6H2,1-3H3. The maximum Gasteiger partial charge on any atom is 0.133 e. The highest BCUT2D eigenvalue weighted by atomic mass is 79.9. The maximum atomic E-state index is 5.36. The molecule has 0 bridgehead atoms. The van der Waals surface area contributed by atoms with Gasteiger partial charge in [-0.15, -0.1) is 0 Å². The molecule has 1 fully saturated rings. The van der Waals surface area contributed by atoms with Gasteiger partial charge in [0.15, 0.2) is 0 Å². The Morgan fingerprint density at radius 1 is 1.44 bits per heavy atom. The number of rotatable bonds is 2. The van der Waals surface area contributed by atoms with Crippen LogP contribution in [0.4, 0.5) is 0 Å².